The minimum Gasteiger partial charge on any atom is -0.377 e. The molecule has 0 spiro atoms. The Morgan fingerprint density at radius 2 is 2.18 bits per heavy atom. The Bertz CT molecular complexity index is 333. The average molecular weight is 237 g/mol. The van der Waals surface area contributed by atoms with Gasteiger partial charge in [0, 0.05) is 19.2 Å². The van der Waals surface area contributed by atoms with E-state index in [1.807, 2.05) is 12.1 Å². The number of rotatable bonds is 5. The van der Waals surface area contributed by atoms with Crippen molar-refractivity contribution in [1.82, 2.24) is 5.32 Å². The highest BCUT2D eigenvalue weighted by molar-refractivity contribution is 5.19. The molecule has 0 radical (unpaired) electrons. The van der Waals surface area contributed by atoms with Gasteiger partial charge in [0.25, 0.3) is 0 Å². The van der Waals surface area contributed by atoms with E-state index in [2.05, 4.69) is 12.2 Å². The van der Waals surface area contributed by atoms with Gasteiger partial charge in [-0.2, -0.15) is 0 Å². The van der Waals surface area contributed by atoms with Crippen LogP contribution in [0.15, 0.2) is 24.3 Å². The quantitative estimate of drug-likeness (QED) is 0.850. The first-order valence-electron chi connectivity index (χ1n) is 6.40. The lowest BCUT2D eigenvalue weighted by Crippen LogP contribution is -2.29. The molecule has 0 amide bonds. The zero-order chi connectivity index (χ0) is 12.1. The predicted molar refractivity (Wildman–Crippen MR) is 66.4 cm³/mol. The number of hydrogen-bond acceptors (Lipinski definition) is 2. The van der Waals surface area contributed by atoms with Crippen LogP contribution >= 0.6 is 0 Å². The second-order valence-electron chi connectivity index (χ2n) is 4.56. The van der Waals surface area contributed by atoms with Crippen LogP contribution < -0.4 is 5.32 Å². The summed E-state index contributed by atoms with van der Waals surface area (Å²) >= 11 is 0. The minimum atomic E-state index is -0.178. The summed E-state index contributed by atoms with van der Waals surface area (Å²) in [6.07, 6.45) is 3.66. The lowest BCUT2D eigenvalue weighted by atomic mass is 10.0. The molecule has 2 unspecified atom stereocenters. The molecule has 94 valence electrons. The van der Waals surface area contributed by atoms with Crippen LogP contribution in [0, 0.1) is 5.82 Å². The summed E-state index contributed by atoms with van der Waals surface area (Å²) in [6, 6.07) is 7.04. The first-order chi connectivity index (χ1) is 8.29. The second kappa shape index (κ2) is 6.12. The van der Waals surface area contributed by atoms with Gasteiger partial charge in [0.2, 0.25) is 0 Å². The van der Waals surface area contributed by atoms with Crippen LogP contribution in [0.3, 0.4) is 0 Å². The first-order valence-corrected chi connectivity index (χ1v) is 6.40. The van der Waals surface area contributed by atoms with Gasteiger partial charge in [-0.3, -0.25) is 0 Å². The Morgan fingerprint density at radius 3 is 2.76 bits per heavy atom. The Kier molecular flexibility index (Phi) is 4.51. The van der Waals surface area contributed by atoms with E-state index in [-0.39, 0.29) is 5.82 Å². The van der Waals surface area contributed by atoms with Gasteiger partial charge in [-0.05, 0) is 37.0 Å². The van der Waals surface area contributed by atoms with E-state index in [1.54, 1.807) is 0 Å². The Balaban J connectivity index is 1.89. The number of nitrogens with one attached hydrogen (secondary N) is 1. The molecular formula is C14H20FNO. The zero-order valence-corrected chi connectivity index (χ0v) is 10.3. The fourth-order valence-electron chi connectivity index (χ4n) is 2.27. The van der Waals surface area contributed by atoms with Crippen molar-refractivity contribution in [2.24, 2.45) is 0 Å². The van der Waals surface area contributed by atoms with Gasteiger partial charge >= 0.3 is 0 Å². The van der Waals surface area contributed by atoms with E-state index >= 15 is 0 Å². The summed E-state index contributed by atoms with van der Waals surface area (Å²) in [5.74, 6) is -0.178. The fourth-order valence-corrected chi connectivity index (χ4v) is 2.27. The molecule has 17 heavy (non-hydrogen) atoms. The molecule has 0 aliphatic carbocycles. The van der Waals surface area contributed by atoms with Crippen molar-refractivity contribution in [2.75, 3.05) is 13.2 Å². The van der Waals surface area contributed by atoms with Crippen molar-refractivity contribution in [3.8, 4) is 0 Å². The van der Waals surface area contributed by atoms with E-state index in [1.165, 1.54) is 18.6 Å². The molecule has 0 saturated carbocycles. The predicted octanol–water partition coefficient (Wildman–Crippen LogP) is 3.05. The Labute approximate surface area is 102 Å². The largest absolute Gasteiger partial charge is 0.377 e. The molecule has 2 atom stereocenters. The standard InChI is InChI=1S/C14H20FNO/c1-2-14(11-5-7-12(15)8-6-11)16-10-13-4-3-9-17-13/h5-8,13-14,16H,2-4,9-10H2,1H3. The van der Waals surface area contributed by atoms with Crippen molar-refractivity contribution < 1.29 is 9.13 Å². The third kappa shape index (κ3) is 3.51. The molecule has 0 aromatic heterocycles. The zero-order valence-electron chi connectivity index (χ0n) is 10.3. The Hall–Kier alpha value is -0.930. The molecule has 2 nitrogen and oxygen atoms in total. The molecule has 3 heteroatoms. The van der Waals surface area contributed by atoms with Gasteiger partial charge < -0.3 is 10.1 Å². The van der Waals surface area contributed by atoms with Crippen molar-refractivity contribution >= 4 is 0 Å². The number of ether oxygens (including phenoxy) is 1. The van der Waals surface area contributed by atoms with Crippen molar-refractivity contribution in [2.45, 2.75) is 38.3 Å². The summed E-state index contributed by atoms with van der Waals surface area (Å²) < 4.78 is 18.4. The molecule has 1 saturated heterocycles. The van der Waals surface area contributed by atoms with Crippen molar-refractivity contribution in [1.29, 1.82) is 0 Å². The van der Waals surface area contributed by atoms with Crippen LogP contribution in [-0.2, 0) is 4.74 Å². The third-order valence-electron chi connectivity index (χ3n) is 3.30. The fraction of sp³-hybridized carbons (Fsp3) is 0.571. The summed E-state index contributed by atoms with van der Waals surface area (Å²) in [6.45, 7) is 3.91. The first kappa shape index (κ1) is 12.5. The van der Waals surface area contributed by atoms with Gasteiger partial charge in [0.05, 0.1) is 6.10 Å². The molecule has 1 aliphatic rings. The van der Waals surface area contributed by atoms with Crippen LogP contribution in [0.5, 0.6) is 0 Å². The topological polar surface area (TPSA) is 21.3 Å². The van der Waals surface area contributed by atoms with Crippen molar-refractivity contribution in [3.05, 3.63) is 35.6 Å². The molecular weight excluding hydrogens is 217 g/mol. The van der Waals surface area contributed by atoms with E-state index < -0.39 is 0 Å². The van der Waals surface area contributed by atoms with Crippen LogP contribution in [0.2, 0.25) is 0 Å². The van der Waals surface area contributed by atoms with E-state index in [0.717, 1.165) is 31.6 Å². The lowest BCUT2D eigenvalue weighted by molar-refractivity contribution is 0.107. The smallest absolute Gasteiger partial charge is 0.123 e. The average Bonchev–Trinajstić information content (AvgIpc) is 2.85. The van der Waals surface area contributed by atoms with Gasteiger partial charge in [-0.1, -0.05) is 19.1 Å². The SMILES string of the molecule is CCC(NCC1CCCO1)c1ccc(F)cc1. The van der Waals surface area contributed by atoms with Gasteiger partial charge in [0.1, 0.15) is 5.82 Å². The normalized spacial score (nSPS) is 21.6. The molecule has 2 rings (SSSR count). The highest BCUT2D eigenvalue weighted by atomic mass is 19.1. The maximum absolute atomic E-state index is 12.8. The lowest BCUT2D eigenvalue weighted by Gasteiger charge is -2.19. The molecule has 1 fully saturated rings. The number of hydrogen-bond donors (Lipinski definition) is 1. The maximum atomic E-state index is 12.8. The van der Waals surface area contributed by atoms with Crippen LogP contribution in [-0.4, -0.2) is 19.3 Å². The van der Waals surface area contributed by atoms with E-state index in [4.69, 9.17) is 4.74 Å². The Morgan fingerprint density at radius 1 is 1.41 bits per heavy atom. The number of halogens is 1. The van der Waals surface area contributed by atoms with Crippen LogP contribution in [0.4, 0.5) is 4.39 Å². The van der Waals surface area contributed by atoms with Gasteiger partial charge in [0.15, 0.2) is 0 Å². The summed E-state index contributed by atoms with van der Waals surface area (Å²) in [4.78, 5) is 0. The van der Waals surface area contributed by atoms with Crippen LogP contribution in [0.1, 0.15) is 37.8 Å². The molecule has 1 aromatic rings. The molecule has 1 N–H and O–H groups in total. The van der Waals surface area contributed by atoms with Gasteiger partial charge in [-0.25, -0.2) is 4.39 Å². The summed E-state index contributed by atoms with van der Waals surface area (Å²) in [5.41, 5.74) is 1.15. The monoisotopic (exact) mass is 237 g/mol. The van der Waals surface area contributed by atoms with Crippen LogP contribution in [0.25, 0.3) is 0 Å². The van der Waals surface area contributed by atoms with E-state index in [0.29, 0.717) is 12.1 Å². The maximum Gasteiger partial charge on any atom is 0.123 e. The van der Waals surface area contributed by atoms with Crippen molar-refractivity contribution in [3.63, 3.8) is 0 Å². The molecule has 1 aromatic carbocycles. The highest BCUT2D eigenvalue weighted by Gasteiger charge is 2.17. The minimum absolute atomic E-state index is 0.178. The van der Waals surface area contributed by atoms with Gasteiger partial charge in [-0.15, -0.1) is 0 Å². The van der Waals surface area contributed by atoms with E-state index in [9.17, 15) is 4.39 Å². The molecule has 1 heterocycles. The number of benzene rings is 1. The third-order valence-corrected chi connectivity index (χ3v) is 3.30. The molecule has 0 bridgehead atoms. The molecule has 1 aliphatic heterocycles. The summed E-state index contributed by atoms with van der Waals surface area (Å²) in [7, 11) is 0. The highest BCUT2D eigenvalue weighted by Crippen LogP contribution is 2.18. The second-order valence-corrected chi connectivity index (χ2v) is 4.56. The summed E-state index contributed by atoms with van der Waals surface area (Å²) in [5, 5.41) is 3.50.